The molecule has 0 radical (unpaired) electrons. The lowest BCUT2D eigenvalue weighted by atomic mass is 9.74. The van der Waals surface area contributed by atoms with E-state index < -0.39 is 35.4 Å². The first-order valence-corrected chi connectivity index (χ1v) is 14.4. The number of hydrogen-bond acceptors (Lipinski definition) is 4. The second-order valence-corrected chi connectivity index (χ2v) is 11.9. The minimum Gasteiger partial charge on any atom is -0.359 e. The van der Waals surface area contributed by atoms with Gasteiger partial charge in [0.1, 0.15) is 17.5 Å². The number of hydrogen-bond donors (Lipinski definition) is 2. The van der Waals surface area contributed by atoms with Gasteiger partial charge in [0.05, 0.1) is 17.9 Å². The smallest absolute Gasteiger partial charge is 0.246 e. The van der Waals surface area contributed by atoms with Gasteiger partial charge in [-0.05, 0) is 42.5 Å². The number of carbonyl (C=O) groups is 3. The summed E-state index contributed by atoms with van der Waals surface area (Å²) < 4.78 is 21.1. The van der Waals surface area contributed by atoms with Crippen LogP contribution in [0.1, 0.15) is 63.0 Å². The number of nitrogens with one attached hydrogen (secondary N) is 2. The van der Waals surface area contributed by atoms with Crippen LogP contribution in [0.4, 0.5) is 10.1 Å². The van der Waals surface area contributed by atoms with Gasteiger partial charge in [-0.15, -0.1) is 0 Å². The number of likely N-dealkylation sites (tertiary alicyclic amines) is 1. The van der Waals surface area contributed by atoms with E-state index in [4.69, 9.17) is 4.74 Å². The molecule has 3 fully saturated rings. The van der Waals surface area contributed by atoms with E-state index in [2.05, 4.69) is 24.5 Å². The van der Waals surface area contributed by atoms with Gasteiger partial charge in [0.15, 0.2) is 0 Å². The maximum absolute atomic E-state index is 14.7. The molecule has 5 atom stereocenters. The Balaban J connectivity index is 1.31. The molecule has 6 rings (SSSR count). The first-order chi connectivity index (χ1) is 19.3. The number of ether oxygens (including phenoxy) is 1. The second-order valence-electron chi connectivity index (χ2n) is 11.9. The van der Waals surface area contributed by atoms with Crippen molar-refractivity contribution in [1.82, 2.24) is 10.2 Å². The van der Waals surface area contributed by atoms with E-state index in [1.165, 1.54) is 11.0 Å². The molecule has 3 heterocycles. The quantitative estimate of drug-likeness (QED) is 0.495. The number of halogens is 1. The van der Waals surface area contributed by atoms with Crippen molar-refractivity contribution in [3.63, 3.8) is 0 Å². The Labute approximate surface area is 234 Å². The van der Waals surface area contributed by atoms with Gasteiger partial charge in [-0.3, -0.25) is 14.4 Å². The highest BCUT2D eigenvalue weighted by molar-refractivity contribution is 6.02. The van der Waals surface area contributed by atoms with Crippen LogP contribution >= 0.6 is 0 Å². The topological polar surface area (TPSA) is 87.7 Å². The summed E-state index contributed by atoms with van der Waals surface area (Å²) in [7, 11) is 0. The minimum atomic E-state index is -1.28. The van der Waals surface area contributed by atoms with Crippen LogP contribution in [0.2, 0.25) is 0 Å². The Kier molecular flexibility index (Phi) is 6.98. The molecule has 40 heavy (non-hydrogen) atoms. The third-order valence-electron chi connectivity index (χ3n) is 9.02. The van der Waals surface area contributed by atoms with Gasteiger partial charge in [0.2, 0.25) is 17.7 Å². The molecule has 1 aliphatic carbocycles. The molecule has 7 nitrogen and oxygen atoms in total. The zero-order valence-electron chi connectivity index (χ0n) is 22.9. The Bertz CT molecular complexity index is 1340. The number of benzene rings is 2. The van der Waals surface area contributed by atoms with Gasteiger partial charge >= 0.3 is 0 Å². The third kappa shape index (κ3) is 4.52. The molecule has 3 amide bonds. The largest absolute Gasteiger partial charge is 0.359 e. The maximum Gasteiger partial charge on any atom is 0.246 e. The van der Waals surface area contributed by atoms with Crippen LogP contribution < -0.4 is 10.6 Å². The molecule has 210 valence electrons. The predicted octanol–water partition coefficient (Wildman–Crippen LogP) is 4.69. The van der Waals surface area contributed by atoms with Crippen LogP contribution in [0.15, 0.2) is 60.7 Å². The number of anilines is 1. The summed E-state index contributed by atoms with van der Waals surface area (Å²) in [4.78, 5) is 43.1. The van der Waals surface area contributed by atoms with Crippen molar-refractivity contribution in [1.29, 1.82) is 0 Å². The molecule has 0 unspecified atom stereocenters. The molecule has 2 aromatic rings. The standard InChI is InChI=1S/C32H36FN3O4/c1-19(2)20-12-14-23(15-13-20)34-29(37)26-25-16-17-32(40-25)27(26)31(39)36(18-21-8-6-7-11-24(21)33)28(32)30(38)35-22-9-4-3-5-10-22/h6-8,11-17,19,22,25-28H,3-5,9-10,18H2,1-2H3,(H,34,37)(H,35,38)/t25-,26-,27-,28-,32-/m1/s1. The lowest BCUT2D eigenvalue weighted by molar-refractivity contribution is -0.142. The molecule has 2 N–H and O–H groups in total. The molecule has 8 heteroatoms. The summed E-state index contributed by atoms with van der Waals surface area (Å²) in [5.41, 5.74) is 0.822. The lowest BCUT2D eigenvalue weighted by Crippen LogP contribution is -2.56. The molecule has 2 bridgehead atoms. The normalized spacial score (nSPS) is 29.2. The van der Waals surface area contributed by atoms with Crippen LogP contribution in [0.3, 0.4) is 0 Å². The molecule has 4 aliphatic rings. The predicted molar refractivity (Wildman–Crippen MR) is 149 cm³/mol. The second kappa shape index (κ2) is 10.5. The molecule has 3 aliphatic heterocycles. The zero-order valence-corrected chi connectivity index (χ0v) is 22.9. The van der Waals surface area contributed by atoms with Crippen LogP contribution in [0.25, 0.3) is 0 Å². The van der Waals surface area contributed by atoms with Crippen molar-refractivity contribution in [2.75, 3.05) is 5.32 Å². The zero-order chi connectivity index (χ0) is 28.0. The fraction of sp³-hybridized carbons (Fsp3) is 0.469. The average molecular weight is 546 g/mol. The molecular formula is C32H36FN3O4. The van der Waals surface area contributed by atoms with E-state index in [9.17, 15) is 18.8 Å². The third-order valence-corrected chi connectivity index (χ3v) is 9.02. The van der Waals surface area contributed by atoms with Gasteiger partial charge < -0.3 is 20.3 Å². The van der Waals surface area contributed by atoms with Gasteiger partial charge in [-0.25, -0.2) is 4.39 Å². The molecule has 2 aromatic carbocycles. The monoisotopic (exact) mass is 545 g/mol. The van der Waals surface area contributed by atoms with Crippen LogP contribution in [-0.2, 0) is 25.7 Å². The van der Waals surface area contributed by atoms with E-state index in [1.54, 1.807) is 30.4 Å². The summed E-state index contributed by atoms with van der Waals surface area (Å²) in [6.45, 7) is 4.12. The maximum atomic E-state index is 14.7. The molecule has 1 saturated carbocycles. The minimum absolute atomic E-state index is 0.0256. The number of carbonyl (C=O) groups excluding carboxylic acids is 3. The number of amides is 3. The van der Waals surface area contributed by atoms with Crippen molar-refractivity contribution in [2.24, 2.45) is 11.8 Å². The number of nitrogens with zero attached hydrogens (tertiary/aromatic N) is 1. The number of rotatable bonds is 7. The van der Waals surface area contributed by atoms with Crippen LogP contribution in [0.5, 0.6) is 0 Å². The van der Waals surface area contributed by atoms with Gasteiger partial charge in [0.25, 0.3) is 0 Å². The Hall–Kier alpha value is -3.52. The van der Waals surface area contributed by atoms with Crippen molar-refractivity contribution in [3.05, 3.63) is 77.6 Å². The van der Waals surface area contributed by atoms with Crippen molar-refractivity contribution < 1.29 is 23.5 Å². The van der Waals surface area contributed by atoms with Gasteiger partial charge in [0, 0.05) is 23.8 Å². The fourth-order valence-electron chi connectivity index (χ4n) is 6.95. The van der Waals surface area contributed by atoms with Crippen molar-refractivity contribution in [3.8, 4) is 0 Å². The van der Waals surface area contributed by atoms with Gasteiger partial charge in [-0.1, -0.05) is 75.6 Å². The summed E-state index contributed by atoms with van der Waals surface area (Å²) in [6.07, 6.45) is 7.96. The van der Waals surface area contributed by atoms with Crippen LogP contribution in [0, 0.1) is 17.7 Å². The molecular weight excluding hydrogens is 509 g/mol. The highest BCUT2D eigenvalue weighted by Gasteiger charge is 2.72. The van der Waals surface area contributed by atoms with E-state index in [1.807, 2.05) is 24.3 Å². The van der Waals surface area contributed by atoms with E-state index in [0.717, 1.165) is 37.7 Å². The van der Waals surface area contributed by atoms with Gasteiger partial charge in [-0.2, -0.15) is 0 Å². The van der Waals surface area contributed by atoms with Crippen molar-refractivity contribution in [2.45, 2.75) is 82.2 Å². The molecule has 0 aromatic heterocycles. The SMILES string of the molecule is CC(C)c1ccc(NC(=O)[C@@H]2[C@H]3C=C[C@@]4(O3)[C@H]2C(=O)N(Cc2ccccc2F)[C@@H]4C(=O)NC2CCCCC2)cc1. The summed E-state index contributed by atoms with van der Waals surface area (Å²) in [5.74, 6) is -2.78. The Morgan fingerprint density at radius 2 is 1.77 bits per heavy atom. The highest BCUT2D eigenvalue weighted by atomic mass is 19.1. The lowest BCUT2D eigenvalue weighted by Gasteiger charge is -2.34. The fourth-order valence-corrected chi connectivity index (χ4v) is 6.95. The van der Waals surface area contributed by atoms with Crippen molar-refractivity contribution >= 4 is 23.4 Å². The average Bonchev–Trinajstić information content (AvgIpc) is 3.58. The Morgan fingerprint density at radius 1 is 1.05 bits per heavy atom. The summed E-state index contributed by atoms with van der Waals surface area (Å²) in [5, 5.41) is 6.12. The Morgan fingerprint density at radius 3 is 2.48 bits per heavy atom. The van der Waals surface area contributed by atoms with E-state index >= 15 is 0 Å². The van der Waals surface area contributed by atoms with Crippen LogP contribution in [-0.4, -0.2) is 46.4 Å². The highest BCUT2D eigenvalue weighted by Crippen LogP contribution is 2.55. The number of fused-ring (bicyclic) bond motifs is 1. The molecule has 1 spiro atoms. The van der Waals surface area contributed by atoms with E-state index in [0.29, 0.717) is 17.2 Å². The first kappa shape index (κ1) is 26.7. The van der Waals surface area contributed by atoms with E-state index in [-0.39, 0.29) is 30.3 Å². The summed E-state index contributed by atoms with van der Waals surface area (Å²) in [6, 6.07) is 12.9. The summed E-state index contributed by atoms with van der Waals surface area (Å²) >= 11 is 0. The molecule has 2 saturated heterocycles. The first-order valence-electron chi connectivity index (χ1n) is 14.4.